The highest BCUT2D eigenvalue weighted by molar-refractivity contribution is 5.70. The minimum Gasteiger partial charge on any atom is -0.496 e. The van der Waals surface area contributed by atoms with Crippen molar-refractivity contribution in [2.75, 3.05) is 14.2 Å². The van der Waals surface area contributed by atoms with Gasteiger partial charge >= 0.3 is 0 Å². The number of aryl methyl sites for hydroxylation is 2. The Bertz CT molecular complexity index is 617. The molecule has 4 heteroatoms. The molecule has 0 amide bonds. The second kappa shape index (κ2) is 6.76. The summed E-state index contributed by atoms with van der Waals surface area (Å²) in [5.41, 5.74) is 5.93. The van der Waals surface area contributed by atoms with E-state index >= 15 is 0 Å². The zero-order chi connectivity index (χ0) is 15.4. The van der Waals surface area contributed by atoms with E-state index in [0.717, 1.165) is 31.0 Å². The van der Waals surface area contributed by atoms with Gasteiger partial charge in [0.1, 0.15) is 5.75 Å². The van der Waals surface area contributed by atoms with E-state index in [9.17, 15) is 0 Å². The summed E-state index contributed by atoms with van der Waals surface area (Å²) in [6.07, 6.45) is 1.09. The molecule has 0 saturated heterocycles. The van der Waals surface area contributed by atoms with Crippen molar-refractivity contribution in [3.8, 4) is 16.9 Å². The van der Waals surface area contributed by atoms with E-state index in [1.807, 2.05) is 13.1 Å². The van der Waals surface area contributed by atoms with Gasteiger partial charge in [0.05, 0.1) is 12.8 Å². The molecule has 0 atom stereocenters. The molecule has 0 aliphatic carbocycles. The summed E-state index contributed by atoms with van der Waals surface area (Å²) < 4.78 is 7.54. The van der Waals surface area contributed by atoms with Crippen LogP contribution in [0.1, 0.15) is 30.3 Å². The van der Waals surface area contributed by atoms with Crippen LogP contribution < -0.4 is 10.1 Å². The second-order valence-electron chi connectivity index (χ2n) is 5.33. The smallest absolute Gasteiger partial charge is 0.123 e. The summed E-state index contributed by atoms with van der Waals surface area (Å²) in [5.74, 6) is 0.921. The van der Waals surface area contributed by atoms with E-state index in [1.54, 1.807) is 7.11 Å². The number of ether oxygens (including phenoxy) is 1. The molecule has 0 aliphatic rings. The molecular formula is C17H25N3O. The number of nitrogens with one attached hydrogen (secondary N) is 1. The summed E-state index contributed by atoms with van der Waals surface area (Å²) in [6.45, 7) is 8.16. The van der Waals surface area contributed by atoms with E-state index in [1.165, 1.54) is 22.4 Å². The fourth-order valence-electron chi connectivity index (χ4n) is 2.81. The number of nitrogens with zero attached hydrogens (tertiary/aromatic N) is 2. The van der Waals surface area contributed by atoms with Crippen molar-refractivity contribution in [3.05, 3.63) is 35.2 Å². The summed E-state index contributed by atoms with van der Waals surface area (Å²) in [4.78, 5) is 0. The maximum atomic E-state index is 5.43. The predicted octanol–water partition coefficient (Wildman–Crippen LogP) is 3.30. The van der Waals surface area contributed by atoms with Gasteiger partial charge in [-0.2, -0.15) is 5.10 Å². The van der Waals surface area contributed by atoms with Gasteiger partial charge < -0.3 is 10.1 Å². The molecule has 0 fully saturated rings. The molecule has 1 aromatic carbocycles. The average Bonchev–Trinajstić information content (AvgIpc) is 2.74. The molecule has 0 spiro atoms. The summed E-state index contributed by atoms with van der Waals surface area (Å²) in [6, 6.07) is 6.35. The lowest BCUT2D eigenvalue weighted by Gasteiger charge is -2.11. The van der Waals surface area contributed by atoms with Crippen molar-refractivity contribution in [1.29, 1.82) is 0 Å². The maximum absolute atomic E-state index is 5.43. The van der Waals surface area contributed by atoms with Crippen LogP contribution in [-0.2, 0) is 13.1 Å². The number of hydrogen-bond acceptors (Lipinski definition) is 3. The number of methoxy groups -OCH3 is 1. The van der Waals surface area contributed by atoms with Gasteiger partial charge in [-0.15, -0.1) is 0 Å². The average molecular weight is 287 g/mol. The van der Waals surface area contributed by atoms with Crippen molar-refractivity contribution in [2.45, 2.75) is 40.3 Å². The standard InChI is InChI=1S/C17H25N3O/c1-6-9-20-13(3)17(12(2)19-20)14-7-8-16(21-5)15(10-14)11-18-4/h7-8,10,18H,6,9,11H2,1-5H3. The first-order chi connectivity index (χ1) is 10.1. The summed E-state index contributed by atoms with van der Waals surface area (Å²) in [7, 11) is 3.66. The predicted molar refractivity (Wildman–Crippen MR) is 86.7 cm³/mol. The summed E-state index contributed by atoms with van der Waals surface area (Å²) in [5, 5.41) is 7.86. The first-order valence-electron chi connectivity index (χ1n) is 7.48. The quantitative estimate of drug-likeness (QED) is 0.886. The third kappa shape index (κ3) is 3.10. The van der Waals surface area contributed by atoms with Crippen LogP contribution in [0.2, 0.25) is 0 Å². The Labute approximate surface area is 127 Å². The van der Waals surface area contributed by atoms with Crippen LogP contribution in [0.5, 0.6) is 5.75 Å². The van der Waals surface area contributed by atoms with E-state index < -0.39 is 0 Å². The van der Waals surface area contributed by atoms with Crippen molar-refractivity contribution < 1.29 is 4.74 Å². The highest BCUT2D eigenvalue weighted by Crippen LogP contribution is 2.31. The highest BCUT2D eigenvalue weighted by Gasteiger charge is 2.14. The molecule has 1 N–H and O–H groups in total. The lowest BCUT2D eigenvalue weighted by Crippen LogP contribution is -2.06. The van der Waals surface area contributed by atoms with Gasteiger partial charge in [-0.1, -0.05) is 13.0 Å². The van der Waals surface area contributed by atoms with E-state index in [-0.39, 0.29) is 0 Å². The fourth-order valence-corrected chi connectivity index (χ4v) is 2.81. The zero-order valence-electron chi connectivity index (χ0n) is 13.7. The first-order valence-corrected chi connectivity index (χ1v) is 7.48. The number of aromatic nitrogens is 2. The molecule has 1 aromatic heterocycles. The van der Waals surface area contributed by atoms with Crippen LogP contribution in [0.15, 0.2) is 18.2 Å². The topological polar surface area (TPSA) is 39.1 Å². The normalized spacial score (nSPS) is 10.9. The minimum atomic E-state index is 0.790. The van der Waals surface area contributed by atoms with Crippen molar-refractivity contribution in [3.63, 3.8) is 0 Å². The number of rotatable bonds is 6. The van der Waals surface area contributed by atoms with Gasteiger partial charge in [0.25, 0.3) is 0 Å². The van der Waals surface area contributed by atoms with Gasteiger partial charge in [0.15, 0.2) is 0 Å². The van der Waals surface area contributed by atoms with E-state index in [0.29, 0.717) is 0 Å². The number of benzene rings is 1. The largest absolute Gasteiger partial charge is 0.496 e. The molecule has 0 radical (unpaired) electrons. The van der Waals surface area contributed by atoms with Crippen LogP contribution >= 0.6 is 0 Å². The van der Waals surface area contributed by atoms with E-state index in [4.69, 9.17) is 4.74 Å². The molecule has 0 aliphatic heterocycles. The fraction of sp³-hybridized carbons (Fsp3) is 0.471. The zero-order valence-corrected chi connectivity index (χ0v) is 13.7. The van der Waals surface area contributed by atoms with Gasteiger partial charge in [-0.3, -0.25) is 4.68 Å². The Balaban J connectivity index is 2.49. The molecular weight excluding hydrogens is 262 g/mol. The van der Waals surface area contributed by atoms with Gasteiger partial charge in [0.2, 0.25) is 0 Å². The Morgan fingerprint density at radius 3 is 2.67 bits per heavy atom. The third-order valence-electron chi connectivity index (χ3n) is 3.75. The van der Waals surface area contributed by atoms with Crippen LogP contribution in [0.3, 0.4) is 0 Å². The lowest BCUT2D eigenvalue weighted by molar-refractivity contribution is 0.408. The highest BCUT2D eigenvalue weighted by atomic mass is 16.5. The molecule has 21 heavy (non-hydrogen) atoms. The van der Waals surface area contributed by atoms with Crippen molar-refractivity contribution in [2.24, 2.45) is 0 Å². The first kappa shape index (κ1) is 15.6. The van der Waals surface area contributed by atoms with Crippen LogP contribution in [0.4, 0.5) is 0 Å². The van der Waals surface area contributed by atoms with Crippen LogP contribution in [-0.4, -0.2) is 23.9 Å². The monoisotopic (exact) mass is 287 g/mol. The third-order valence-corrected chi connectivity index (χ3v) is 3.75. The van der Waals surface area contributed by atoms with Crippen molar-refractivity contribution in [1.82, 2.24) is 15.1 Å². The minimum absolute atomic E-state index is 0.790. The Kier molecular flexibility index (Phi) is 5.02. The second-order valence-corrected chi connectivity index (χ2v) is 5.33. The molecule has 1 heterocycles. The lowest BCUT2D eigenvalue weighted by atomic mass is 10.0. The van der Waals surface area contributed by atoms with Crippen LogP contribution in [0, 0.1) is 13.8 Å². The maximum Gasteiger partial charge on any atom is 0.123 e. The van der Waals surface area contributed by atoms with Gasteiger partial charge in [-0.25, -0.2) is 0 Å². The van der Waals surface area contributed by atoms with Crippen LogP contribution in [0.25, 0.3) is 11.1 Å². The Morgan fingerprint density at radius 1 is 1.29 bits per heavy atom. The molecule has 4 nitrogen and oxygen atoms in total. The number of hydrogen-bond donors (Lipinski definition) is 1. The molecule has 0 saturated carbocycles. The SMILES string of the molecule is CCCn1nc(C)c(-c2ccc(OC)c(CNC)c2)c1C. The Hall–Kier alpha value is -1.81. The molecule has 0 unspecified atom stereocenters. The van der Waals surface area contributed by atoms with E-state index in [2.05, 4.69) is 48.0 Å². The van der Waals surface area contributed by atoms with Crippen molar-refractivity contribution >= 4 is 0 Å². The molecule has 2 aromatic rings. The molecule has 2 rings (SSSR count). The molecule has 0 bridgehead atoms. The molecule has 114 valence electrons. The summed E-state index contributed by atoms with van der Waals surface area (Å²) >= 11 is 0. The Morgan fingerprint density at radius 2 is 2.05 bits per heavy atom. The van der Waals surface area contributed by atoms with Gasteiger partial charge in [0, 0.05) is 29.9 Å². The van der Waals surface area contributed by atoms with Gasteiger partial charge in [-0.05, 0) is 45.0 Å².